The highest BCUT2D eigenvalue weighted by Gasteiger charge is 2.19. The molecular formula is C16H19N3O2. The van der Waals surface area contributed by atoms with Gasteiger partial charge in [-0.1, -0.05) is 12.1 Å². The molecule has 0 aliphatic heterocycles. The van der Waals surface area contributed by atoms with Crippen LogP contribution in [0.3, 0.4) is 0 Å². The van der Waals surface area contributed by atoms with Gasteiger partial charge >= 0.3 is 0 Å². The van der Waals surface area contributed by atoms with Gasteiger partial charge in [0.25, 0.3) is 5.91 Å². The number of aryl methyl sites for hydroxylation is 1. The molecule has 5 heteroatoms. The molecule has 0 fully saturated rings. The molecule has 5 nitrogen and oxygen atoms in total. The molecule has 0 radical (unpaired) electrons. The second-order valence-electron chi connectivity index (χ2n) is 4.78. The first kappa shape index (κ1) is 15.0. The van der Waals surface area contributed by atoms with Crippen LogP contribution in [0.1, 0.15) is 28.5 Å². The van der Waals surface area contributed by atoms with Crippen LogP contribution in [0.2, 0.25) is 0 Å². The van der Waals surface area contributed by atoms with Crippen molar-refractivity contribution in [3.05, 3.63) is 53.3 Å². The fraction of sp³-hybridized carbons (Fsp3) is 0.250. The summed E-state index contributed by atoms with van der Waals surface area (Å²) in [7, 11) is 0. The number of hydrogen-bond donors (Lipinski definition) is 2. The second-order valence-corrected chi connectivity index (χ2v) is 4.78. The van der Waals surface area contributed by atoms with Crippen molar-refractivity contribution in [3.8, 4) is 5.75 Å². The normalized spacial score (nSPS) is 10.4. The Morgan fingerprint density at radius 3 is 2.67 bits per heavy atom. The number of hydrogen-bond acceptors (Lipinski definition) is 4. The van der Waals surface area contributed by atoms with Crippen LogP contribution in [0.15, 0.2) is 36.5 Å². The average molecular weight is 285 g/mol. The Bertz CT molecular complexity index is 638. The fourth-order valence-corrected chi connectivity index (χ4v) is 2.12. The Morgan fingerprint density at radius 1 is 1.33 bits per heavy atom. The second kappa shape index (κ2) is 6.37. The zero-order valence-electron chi connectivity index (χ0n) is 12.2. The van der Waals surface area contributed by atoms with Gasteiger partial charge in [0.05, 0.1) is 5.69 Å². The van der Waals surface area contributed by atoms with Crippen molar-refractivity contribution < 1.29 is 9.90 Å². The van der Waals surface area contributed by atoms with Crippen LogP contribution in [0.25, 0.3) is 0 Å². The molecule has 110 valence electrons. The summed E-state index contributed by atoms with van der Waals surface area (Å²) in [6, 6.07) is 8.44. The zero-order valence-corrected chi connectivity index (χ0v) is 12.2. The van der Waals surface area contributed by atoms with Crippen LogP contribution in [0, 0.1) is 6.92 Å². The first-order chi connectivity index (χ1) is 10.1. The third-order valence-electron chi connectivity index (χ3n) is 3.32. The van der Waals surface area contributed by atoms with Crippen LogP contribution in [0.5, 0.6) is 5.75 Å². The summed E-state index contributed by atoms with van der Waals surface area (Å²) in [5, 5.41) is 9.64. The standard InChI is InChI=1S/C16H19N3O2/c1-3-19(15-8-13(20)6-4-11(15)2)16(21)14-7-5-12(9-17)10-18-14/h4-8,10,20H,3,9,17H2,1-2H3. The first-order valence-electron chi connectivity index (χ1n) is 6.83. The smallest absolute Gasteiger partial charge is 0.276 e. The van der Waals surface area contributed by atoms with Gasteiger partial charge in [-0.2, -0.15) is 0 Å². The van der Waals surface area contributed by atoms with Crippen LogP contribution in [-0.4, -0.2) is 22.5 Å². The van der Waals surface area contributed by atoms with Crippen molar-refractivity contribution in [2.45, 2.75) is 20.4 Å². The third kappa shape index (κ3) is 3.20. The number of carbonyl (C=O) groups excluding carboxylic acids is 1. The van der Waals surface area contributed by atoms with Crippen molar-refractivity contribution >= 4 is 11.6 Å². The molecule has 0 bridgehead atoms. The number of anilines is 1. The van der Waals surface area contributed by atoms with Gasteiger partial charge in [-0.3, -0.25) is 9.78 Å². The van der Waals surface area contributed by atoms with Crippen molar-refractivity contribution in [3.63, 3.8) is 0 Å². The third-order valence-corrected chi connectivity index (χ3v) is 3.32. The number of benzene rings is 1. The summed E-state index contributed by atoms with van der Waals surface area (Å²) in [5.74, 6) is -0.0666. The van der Waals surface area contributed by atoms with Crippen molar-refractivity contribution in [1.82, 2.24) is 4.98 Å². The Balaban J connectivity index is 2.35. The van der Waals surface area contributed by atoms with E-state index in [9.17, 15) is 9.90 Å². The Kier molecular flexibility index (Phi) is 4.55. The molecule has 3 N–H and O–H groups in total. The van der Waals surface area contributed by atoms with Gasteiger partial charge in [0.1, 0.15) is 11.4 Å². The summed E-state index contributed by atoms with van der Waals surface area (Å²) in [6.07, 6.45) is 1.61. The molecule has 21 heavy (non-hydrogen) atoms. The number of rotatable bonds is 4. The van der Waals surface area contributed by atoms with Crippen molar-refractivity contribution in [2.24, 2.45) is 5.73 Å². The van der Waals surface area contributed by atoms with E-state index in [0.717, 1.165) is 11.1 Å². The molecule has 0 aliphatic rings. The number of phenolic OH excluding ortho intramolecular Hbond substituents is 1. The minimum absolute atomic E-state index is 0.133. The Morgan fingerprint density at radius 2 is 2.10 bits per heavy atom. The number of aromatic nitrogens is 1. The summed E-state index contributed by atoms with van der Waals surface area (Å²) < 4.78 is 0. The molecule has 2 rings (SSSR count). The van der Waals surface area contributed by atoms with Gasteiger partial charge in [0, 0.05) is 25.4 Å². The number of pyridine rings is 1. The molecular weight excluding hydrogens is 266 g/mol. The quantitative estimate of drug-likeness (QED) is 0.902. The lowest BCUT2D eigenvalue weighted by Gasteiger charge is -2.22. The van der Waals surface area contributed by atoms with E-state index < -0.39 is 0 Å². The molecule has 0 unspecified atom stereocenters. The molecule has 0 aliphatic carbocycles. The van der Waals surface area contributed by atoms with E-state index in [2.05, 4.69) is 4.98 Å². The summed E-state index contributed by atoms with van der Waals surface area (Å²) in [5.41, 5.74) is 8.37. The lowest BCUT2D eigenvalue weighted by atomic mass is 10.1. The lowest BCUT2D eigenvalue weighted by Crippen LogP contribution is -2.31. The predicted octanol–water partition coefficient (Wildman–Crippen LogP) is 2.22. The van der Waals surface area contributed by atoms with Gasteiger partial charge in [-0.25, -0.2) is 0 Å². The van der Waals surface area contributed by atoms with Crippen LogP contribution < -0.4 is 10.6 Å². The molecule has 0 saturated heterocycles. The minimum Gasteiger partial charge on any atom is -0.508 e. The summed E-state index contributed by atoms with van der Waals surface area (Å²) >= 11 is 0. The maximum Gasteiger partial charge on any atom is 0.276 e. The molecule has 1 aromatic heterocycles. The van der Waals surface area contributed by atoms with Crippen molar-refractivity contribution in [1.29, 1.82) is 0 Å². The average Bonchev–Trinajstić information content (AvgIpc) is 2.51. The predicted molar refractivity (Wildman–Crippen MR) is 82.3 cm³/mol. The molecule has 0 spiro atoms. The van der Waals surface area contributed by atoms with E-state index in [-0.39, 0.29) is 11.7 Å². The maximum atomic E-state index is 12.6. The number of phenols is 1. The minimum atomic E-state index is -0.199. The first-order valence-corrected chi connectivity index (χ1v) is 6.83. The van der Waals surface area contributed by atoms with Gasteiger partial charge in [0.15, 0.2) is 0 Å². The van der Waals surface area contributed by atoms with E-state index in [4.69, 9.17) is 5.73 Å². The van der Waals surface area contributed by atoms with E-state index in [1.807, 2.05) is 13.8 Å². The zero-order chi connectivity index (χ0) is 15.4. The van der Waals surface area contributed by atoms with E-state index in [0.29, 0.717) is 24.5 Å². The molecule has 1 heterocycles. The molecule has 2 aromatic rings. The van der Waals surface area contributed by atoms with E-state index in [1.54, 1.807) is 41.4 Å². The summed E-state index contributed by atoms with van der Waals surface area (Å²) in [4.78, 5) is 18.3. The SMILES string of the molecule is CCN(C(=O)c1ccc(CN)cn1)c1cc(O)ccc1C. The number of amides is 1. The number of nitrogens with zero attached hydrogens (tertiary/aromatic N) is 2. The van der Waals surface area contributed by atoms with Crippen LogP contribution in [0.4, 0.5) is 5.69 Å². The molecule has 0 atom stereocenters. The highest BCUT2D eigenvalue weighted by molar-refractivity contribution is 6.05. The van der Waals surface area contributed by atoms with E-state index in [1.165, 1.54) is 0 Å². The van der Waals surface area contributed by atoms with Crippen molar-refractivity contribution in [2.75, 3.05) is 11.4 Å². The lowest BCUT2D eigenvalue weighted by molar-refractivity contribution is 0.0983. The van der Waals surface area contributed by atoms with Crippen LogP contribution in [-0.2, 0) is 6.54 Å². The fourth-order valence-electron chi connectivity index (χ4n) is 2.12. The molecule has 1 amide bonds. The number of aromatic hydroxyl groups is 1. The largest absolute Gasteiger partial charge is 0.508 e. The van der Waals surface area contributed by atoms with Gasteiger partial charge in [-0.05, 0) is 37.1 Å². The topological polar surface area (TPSA) is 79.5 Å². The number of carbonyl (C=O) groups is 1. The Labute approximate surface area is 124 Å². The molecule has 1 aromatic carbocycles. The van der Waals surface area contributed by atoms with Gasteiger partial charge in [0.2, 0.25) is 0 Å². The van der Waals surface area contributed by atoms with E-state index >= 15 is 0 Å². The maximum absolute atomic E-state index is 12.6. The molecule has 0 saturated carbocycles. The monoisotopic (exact) mass is 285 g/mol. The Hall–Kier alpha value is -2.40. The van der Waals surface area contributed by atoms with Gasteiger partial charge in [-0.15, -0.1) is 0 Å². The van der Waals surface area contributed by atoms with Crippen LogP contribution >= 0.6 is 0 Å². The highest BCUT2D eigenvalue weighted by Crippen LogP contribution is 2.26. The summed E-state index contributed by atoms with van der Waals surface area (Å²) in [6.45, 7) is 4.67. The number of nitrogens with two attached hydrogens (primary N) is 1. The highest BCUT2D eigenvalue weighted by atomic mass is 16.3. The van der Waals surface area contributed by atoms with Gasteiger partial charge < -0.3 is 15.7 Å².